The molecule has 0 aliphatic carbocycles. The Morgan fingerprint density at radius 2 is 1.74 bits per heavy atom. The molecule has 2 heterocycles. The van der Waals surface area contributed by atoms with E-state index in [0.29, 0.717) is 16.7 Å². The largest absolute Gasteiger partial charge is 0.871 e. The maximum absolute atomic E-state index is 13.6. The number of alkyl halides is 4. The van der Waals surface area contributed by atoms with Gasteiger partial charge < -0.3 is 39.7 Å². The van der Waals surface area contributed by atoms with Gasteiger partial charge in [-0.05, 0) is 30.2 Å². The van der Waals surface area contributed by atoms with Crippen molar-refractivity contribution < 1.29 is 47.2 Å². The van der Waals surface area contributed by atoms with Crippen molar-refractivity contribution in [1.29, 1.82) is 0 Å². The maximum Gasteiger partial charge on any atom is 0.432 e. The van der Waals surface area contributed by atoms with E-state index in [1.807, 2.05) is 4.98 Å². The molecule has 4 rings (SSSR count). The average molecular weight is 555 g/mol. The van der Waals surface area contributed by atoms with E-state index in [-0.39, 0.29) is 40.7 Å². The van der Waals surface area contributed by atoms with Crippen LogP contribution in [0, 0.1) is 0 Å². The number of hydrogen-bond acceptors (Lipinski definition) is 6. The summed E-state index contributed by atoms with van der Waals surface area (Å²) in [5.41, 5.74) is -3.08. The summed E-state index contributed by atoms with van der Waals surface area (Å²) in [6.07, 6.45) is -5.22. The number of carbonyl (C=O) groups is 2. The number of anilines is 1. The Labute approximate surface area is 217 Å². The number of aryl methyl sites for hydroxylation is 1. The normalized spacial score (nSPS) is 11.7. The van der Waals surface area contributed by atoms with E-state index in [1.54, 1.807) is 6.07 Å². The van der Waals surface area contributed by atoms with Gasteiger partial charge in [-0.2, -0.15) is 13.2 Å². The molecule has 0 aliphatic rings. The summed E-state index contributed by atoms with van der Waals surface area (Å²) in [6.45, 7) is 0. The average Bonchev–Trinajstić information content (AvgIpc) is 3.47. The van der Waals surface area contributed by atoms with Gasteiger partial charge in [0, 0.05) is 27.9 Å². The number of amides is 1. The Kier molecular flexibility index (Phi) is 6.98. The van der Waals surface area contributed by atoms with Crippen molar-refractivity contribution in [1.82, 2.24) is 9.97 Å². The van der Waals surface area contributed by atoms with E-state index >= 15 is 0 Å². The van der Waals surface area contributed by atoms with E-state index in [2.05, 4.69) is 10.3 Å². The van der Waals surface area contributed by atoms with Gasteiger partial charge in [-0.3, -0.25) is 4.79 Å². The molecule has 38 heavy (non-hydrogen) atoms. The zero-order valence-corrected chi connectivity index (χ0v) is 20.8. The number of methoxy groups -OCH3 is 3. The Morgan fingerprint density at radius 1 is 1.05 bits per heavy atom. The number of nitrogens with one attached hydrogen (secondary N) is 3. The Bertz CT molecular complexity index is 1580. The summed E-state index contributed by atoms with van der Waals surface area (Å²) in [4.78, 5) is 29.8. The van der Waals surface area contributed by atoms with Crippen molar-refractivity contribution in [2.75, 3.05) is 32.5 Å². The summed E-state index contributed by atoms with van der Waals surface area (Å²) in [5.74, 6) is -2.87. The van der Waals surface area contributed by atoms with Crippen molar-refractivity contribution in [2.24, 2.45) is 0 Å². The molecule has 2 aromatic heterocycles. The second-order valence-corrected chi connectivity index (χ2v) is 8.39. The lowest BCUT2D eigenvalue weighted by molar-refractivity contribution is -0.266. The number of halogens is 4. The summed E-state index contributed by atoms with van der Waals surface area (Å²) in [5, 5.41) is 24.8. The van der Waals surface area contributed by atoms with Gasteiger partial charge in [0.25, 0.3) is 5.91 Å². The van der Waals surface area contributed by atoms with Crippen molar-refractivity contribution in [3.8, 4) is 23.0 Å². The van der Waals surface area contributed by atoms with Crippen LogP contribution in [0.1, 0.15) is 32.1 Å². The second kappa shape index (κ2) is 9.89. The fraction of sp³-hybridized carbons (Fsp3) is 0.250. The highest BCUT2D eigenvalue weighted by atomic mass is 35.5. The monoisotopic (exact) mass is 554 g/mol. The molecule has 0 radical (unpaired) electrons. The summed E-state index contributed by atoms with van der Waals surface area (Å²) in [6, 6.07) is 3.98. The molecule has 1 amide bonds. The highest BCUT2D eigenvalue weighted by molar-refractivity contribution is 6.18. The van der Waals surface area contributed by atoms with Gasteiger partial charge in [-0.25, -0.2) is 4.79 Å². The van der Waals surface area contributed by atoms with Crippen LogP contribution in [0.5, 0.6) is 23.0 Å². The second-order valence-electron chi connectivity index (χ2n) is 8.01. The molecular formula is C24H20ClF3N3O7-. The van der Waals surface area contributed by atoms with Gasteiger partial charge in [0.2, 0.25) is 5.75 Å². The molecule has 10 nitrogen and oxygen atoms in total. The van der Waals surface area contributed by atoms with Crippen LogP contribution in [-0.4, -0.2) is 54.2 Å². The lowest BCUT2D eigenvalue weighted by atomic mass is 9.99. The van der Waals surface area contributed by atoms with E-state index < -0.39 is 46.0 Å². The first-order chi connectivity index (χ1) is 18.0. The first kappa shape index (κ1) is 26.8. The van der Waals surface area contributed by atoms with Crippen LogP contribution in [0.4, 0.5) is 18.9 Å². The third-order valence-electron chi connectivity index (χ3n) is 5.90. The number of ether oxygens (including phenoxy) is 3. The van der Waals surface area contributed by atoms with Crippen molar-refractivity contribution >= 4 is 51.0 Å². The van der Waals surface area contributed by atoms with Crippen LogP contribution in [0.2, 0.25) is 0 Å². The minimum Gasteiger partial charge on any atom is -0.871 e. The zero-order valence-electron chi connectivity index (χ0n) is 20.1. The summed E-state index contributed by atoms with van der Waals surface area (Å²) < 4.78 is 56.8. The molecule has 0 aliphatic heterocycles. The van der Waals surface area contributed by atoms with E-state index in [4.69, 9.17) is 25.8 Å². The number of aromatic amines is 2. The Balaban J connectivity index is 1.87. The highest BCUT2D eigenvalue weighted by Crippen LogP contribution is 2.44. The summed E-state index contributed by atoms with van der Waals surface area (Å²) in [7, 11) is 4.23. The van der Waals surface area contributed by atoms with Gasteiger partial charge in [-0.15, -0.1) is 11.6 Å². The predicted octanol–water partition coefficient (Wildman–Crippen LogP) is 4.50. The third-order valence-corrected chi connectivity index (χ3v) is 6.09. The maximum atomic E-state index is 13.6. The molecule has 4 aromatic rings. The quantitative estimate of drug-likeness (QED) is 0.234. The molecule has 0 saturated heterocycles. The molecule has 202 valence electrons. The molecule has 0 bridgehead atoms. The molecular weight excluding hydrogens is 535 g/mol. The highest BCUT2D eigenvalue weighted by Gasteiger charge is 2.39. The Morgan fingerprint density at radius 3 is 2.29 bits per heavy atom. The Hall–Kier alpha value is -4.26. The molecule has 0 spiro atoms. The number of rotatable bonds is 8. The number of fused-ring (bicyclic) bond motifs is 2. The SMILES string of the molecule is COc1cc2cc(C(=O)Nc3cc([O-])c4[nH]c(C(F)(F)F)c(C(=O)O)c4c3CCCl)[nH]c2c(OC)c1OC. The number of H-pyrrole nitrogens is 2. The van der Waals surface area contributed by atoms with Crippen LogP contribution in [0.25, 0.3) is 21.8 Å². The topological polar surface area (TPSA) is 149 Å². The number of aromatic carboxylic acids is 1. The van der Waals surface area contributed by atoms with Gasteiger partial charge in [0.15, 0.2) is 11.5 Å². The smallest absolute Gasteiger partial charge is 0.432 e. The van der Waals surface area contributed by atoms with Crippen LogP contribution in [-0.2, 0) is 12.6 Å². The zero-order chi connectivity index (χ0) is 27.9. The third kappa shape index (κ3) is 4.38. The number of carboxylic acid groups (broad SMARTS) is 1. The molecule has 0 saturated carbocycles. The van der Waals surface area contributed by atoms with Crippen LogP contribution < -0.4 is 24.6 Å². The van der Waals surface area contributed by atoms with Crippen molar-refractivity contribution in [3.63, 3.8) is 0 Å². The van der Waals surface area contributed by atoms with Crippen LogP contribution in [0.3, 0.4) is 0 Å². The fourth-order valence-corrected chi connectivity index (χ4v) is 4.55. The molecule has 0 unspecified atom stereocenters. The van der Waals surface area contributed by atoms with Crippen molar-refractivity contribution in [3.05, 3.63) is 40.7 Å². The molecule has 14 heteroatoms. The standard InChI is InChI=1S/C24H21ClF3N3O7/c1-36-14-7-9-6-12(29-17(9)20(38-3)19(14)37-2)22(33)30-11-8-13(32)18-15(10(11)4-5-25)16(23(34)35)21(31-18)24(26,27)28/h6-8,29,31-32H,4-5H2,1-3H3,(H,30,33)(H,34,35)/p-1. The molecule has 0 atom stereocenters. The number of carbonyl (C=O) groups excluding carboxylic acids is 1. The number of hydrogen-bond donors (Lipinski definition) is 4. The first-order valence-corrected chi connectivity index (χ1v) is 11.4. The molecule has 4 N–H and O–H groups in total. The minimum atomic E-state index is -5.08. The lowest BCUT2D eigenvalue weighted by Gasteiger charge is -2.17. The number of aromatic nitrogens is 2. The molecule has 2 aromatic carbocycles. The van der Waals surface area contributed by atoms with Gasteiger partial charge in [-0.1, -0.05) is 5.75 Å². The minimum absolute atomic E-state index is 0.00137. The van der Waals surface area contributed by atoms with E-state index in [1.165, 1.54) is 27.4 Å². The van der Waals surface area contributed by atoms with Gasteiger partial charge >= 0.3 is 12.1 Å². The van der Waals surface area contributed by atoms with Crippen molar-refractivity contribution in [2.45, 2.75) is 12.6 Å². The fourth-order valence-electron chi connectivity index (χ4n) is 4.36. The van der Waals surface area contributed by atoms with Gasteiger partial charge in [0.1, 0.15) is 11.4 Å². The molecule has 0 fully saturated rings. The van der Waals surface area contributed by atoms with E-state index in [9.17, 15) is 33.0 Å². The first-order valence-electron chi connectivity index (χ1n) is 10.8. The van der Waals surface area contributed by atoms with Gasteiger partial charge in [0.05, 0.1) is 32.4 Å². The summed E-state index contributed by atoms with van der Waals surface area (Å²) >= 11 is 5.86. The predicted molar refractivity (Wildman–Crippen MR) is 130 cm³/mol. The van der Waals surface area contributed by atoms with Crippen LogP contribution >= 0.6 is 11.6 Å². The van der Waals surface area contributed by atoms with Crippen LogP contribution in [0.15, 0.2) is 18.2 Å². The van der Waals surface area contributed by atoms with E-state index in [0.717, 1.165) is 6.07 Å². The number of carboxylic acids is 1. The number of benzene rings is 2. The lowest BCUT2D eigenvalue weighted by Crippen LogP contribution is -2.15.